The van der Waals surface area contributed by atoms with E-state index >= 15 is 0 Å². The number of anilines is 1. The third-order valence-corrected chi connectivity index (χ3v) is 3.92. The summed E-state index contributed by atoms with van der Waals surface area (Å²) in [7, 11) is 0. The van der Waals surface area contributed by atoms with Gasteiger partial charge in [0.15, 0.2) is 0 Å². The van der Waals surface area contributed by atoms with Gasteiger partial charge in [0.05, 0.1) is 20.8 Å². The maximum atomic E-state index is 12.0. The second-order valence-corrected chi connectivity index (χ2v) is 6.03. The quantitative estimate of drug-likeness (QED) is 0.735. The SMILES string of the molecule is CCCC(C)NC(=O)C(C)Nc1cc(Cl)c(Cl)cc1Cl. The molecule has 0 fully saturated rings. The van der Waals surface area contributed by atoms with E-state index in [9.17, 15) is 4.79 Å². The number of nitrogens with one attached hydrogen (secondary N) is 2. The number of carbonyl (C=O) groups is 1. The van der Waals surface area contributed by atoms with E-state index in [1.165, 1.54) is 0 Å². The zero-order valence-corrected chi connectivity index (χ0v) is 14.0. The van der Waals surface area contributed by atoms with Gasteiger partial charge in [0, 0.05) is 6.04 Å². The molecule has 0 aliphatic heterocycles. The van der Waals surface area contributed by atoms with Gasteiger partial charge in [-0.15, -0.1) is 0 Å². The van der Waals surface area contributed by atoms with Gasteiger partial charge in [-0.05, 0) is 32.4 Å². The molecule has 2 N–H and O–H groups in total. The molecule has 2 unspecified atom stereocenters. The Labute approximate surface area is 135 Å². The van der Waals surface area contributed by atoms with E-state index in [1.54, 1.807) is 19.1 Å². The average Bonchev–Trinajstić information content (AvgIpc) is 2.35. The molecule has 1 rings (SSSR count). The first-order valence-electron chi connectivity index (χ1n) is 6.56. The molecule has 0 saturated heterocycles. The molecular weight excluding hydrogens is 319 g/mol. The van der Waals surface area contributed by atoms with Crippen molar-refractivity contribution in [1.82, 2.24) is 5.32 Å². The minimum atomic E-state index is -0.413. The Morgan fingerprint density at radius 1 is 1.15 bits per heavy atom. The Bertz CT molecular complexity index is 480. The smallest absolute Gasteiger partial charge is 0.242 e. The van der Waals surface area contributed by atoms with Crippen molar-refractivity contribution in [2.24, 2.45) is 0 Å². The van der Waals surface area contributed by atoms with Gasteiger partial charge < -0.3 is 10.6 Å². The molecule has 0 radical (unpaired) electrons. The molecule has 2 atom stereocenters. The van der Waals surface area contributed by atoms with Crippen LogP contribution in [0.4, 0.5) is 5.69 Å². The lowest BCUT2D eigenvalue weighted by molar-refractivity contribution is -0.122. The summed E-state index contributed by atoms with van der Waals surface area (Å²) in [4.78, 5) is 12.0. The van der Waals surface area contributed by atoms with Crippen LogP contribution in [0.5, 0.6) is 0 Å². The molecule has 3 nitrogen and oxygen atoms in total. The summed E-state index contributed by atoms with van der Waals surface area (Å²) in [5, 5.41) is 7.19. The molecule has 1 aromatic rings. The summed E-state index contributed by atoms with van der Waals surface area (Å²) in [6.45, 7) is 5.84. The molecule has 0 aromatic heterocycles. The first-order chi connectivity index (χ1) is 9.35. The molecule has 0 aliphatic rings. The minimum Gasteiger partial charge on any atom is -0.373 e. The van der Waals surface area contributed by atoms with E-state index in [2.05, 4.69) is 17.6 Å². The molecule has 1 aromatic carbocycles. The van der Waals surface area contributed by atoms with Crippen molar-refractivity contribution in [3.63, 3.8) is 0 Å². The van der Waals surface area contributed by atoms with Crippen LogP contribution in [-0.4, -0.2) is 18.0 Å². The summed E-state index contributed by atoms with van der Waals surface area (Å²) in [6.07, 6.45) is 1.98. The van der Waals surface area contributed by atoms with Crippen LogP contribution in [0.25, 0.3) is 0 Å². The number of hydrogen-bond acceptors (Lipinski definition) is 2. The summed E-state index contributed by atoms with van der Waals surface area (Å²) >= 11 is 17.9. The van der Waals surface area contributed by atoms with Gasteiger partial charge in [0.25, 0.3) is 0 Å². The fourth-order valence-corrected chi connectivity index (χ4v) is 2.41. The average molecular weight is 338 g/mol. The van der Waals surface area contributed by atoms with E-state index in [0.29, 0.717) is 20.8 Å². The highest BCUT2D eigenvalue weighted by atomic mass is 35.5. The largest absolute Gasteiger partial charge is 0.373 e. The van der Waals surface area contributed by atoms with Gasteiger partial charge in [-0.25, -0.2) is 0 Å². The molecule has 1 amide bonds. The number of halogens is 3. The Balaban J connectivity index is 2.68. The number of benzene rings is 1. The van der Waals surface area contributed by atoms with Crippen LogP contribution >= 0.6 is 34.8 Å². The van der Waals surface area contributed by atoms with Crippen LogP contribution in [0.2, 0.25) is 15.1 Å². The van der Waals surface area contributed by atoms with Crippen molar-refractivity contribution in [3.8, 4) is 0 Å². The summed E-state index contributed by atoms with van der Waals surface area (Å²) < 4.78 is 0. The van der Waals surface area contributed by atoms with Crippen molar-refractivity contribution in [2.45, 2.75) is 45.7 Å². The number of rotatable bonds is 6. The highest BCUT2D eigenvalue weighted by molar-refractivity contribution is 6.44. The minimum absolute atomic E-state index is 0.0758. The normalized spacial score (nSPS) is 13.7. The lowest BCUT2D eigenvalue weighted by atomic mass is 10.2. The van der Waals surface area contributed by atoms with Gasteiger partial charge in [0.2, 0.25) is 5.91 Å². The fraction of sp³-hybridized carbons (Fsp3) is 0.500. The second kappa shape index (κ2) is 7.96. The van der Waals surface area contributed by atoms with Crippen LogP contribution < -0.4 is 10.6 Å². The van der Waals surface area contributed by atoms with Gasteiger partial charge in [-0.3, -0.25) is 4.79 Å². The van der Waals surface area contributed by atoms with Crippen molar-refractivity contribution >= 4 is 46.4 Å². The van der Waals surface area contributed by atoms with E-state index in [1.807, 2.05) is 6.92 Å². The highest BCUT2D eigenvalue weighted by Crippen LogP contribution is 2.32. The molecule has 20 heavy (non-hydrogen) atoms. The third-order valence-electron chi connectivity index (χ3n) is 2.89. The molecule has 6 heteroatoms. The van der Waals surface area contributed by atoms with Crippen LogP contribution in [0.15, 0.2) is 12.1 Å². The Morgan fingerprint density at radius 2 is 1.75 bits per heavy atom. The Morgan fingerprint density at radius 3 is 2.35 bits per heavy atom. The predicted octanol–water partition coefficient (Wildman–Crippen LogP) is 4.75. The van der Waals surface area contributed by atoms with Gasteiger partial charge in [-0.2, -0.15) is 0 Å². The molecule has 112 valence electrons. The zero-order chi connectivity index (χ0) is 15.3. The number of hydrogen-bond donors (Lipinski definition) is 2. The van der Waals surface area contributed by atoms with Crippen LogP contribution in [0, 0.1) is 0 Å². The molecular formula is C14H19Cl3N2O. The monoisotopic (exact) mass is 336 g/mol. The van der Waals surface area contributed by atoms with Crippen molar-refractivity contribution in [2.75, 3.05) is 5.32 Å². The molecule has 0 heterocycles. The maximum absolute atomic E-state index is 12.0. The third kappa shape index (κ3) is 5.04. The van der Waals surface area contributed by atoms with Crippen molar-refractivity contribution in [3.05, 3.63) is 27.2 Å². The second-order valence-electron chi connectivity index (χ2n) is 4.81. The predicted molar refractivity (Wildman–Crippen MR) is 87.1 cm³/mol. The molecule has 0 aliphatic carbocycles. The lowest BCUT2D eigenvalue weighted by Crippen LogP contribution is -2.42. The standard InChI is InChI=1S/C14H19Cl3N2O/c1-4-5-8(2)18-14(20)9(3)19-13-7-11(16)10(15)6-12(13)17/h6-9,19H,4-5H2,1-3H3,(H,18,20). The molecule has 0 bridgehead atoms. The van der Waals surface area contributed by atoms with Crippen LogP contribution in [0.1, 0.15) is 33.6 Å². The summed E-state index contributed by atoms with van der Waals surface area (Å²) in [5.74, 6) is -0.0758. The van der Waals surface area contributed by atoms with E-state index < -0.39 is 6.04 Å². The van der Waals surface area contributed by atoms with Crippen LogP contribution in [-0.2, 0) is 4.79 Å². The first kappa shape index (κ1) is 17.4. The summed E-state index contributed by atoms with van der Waals surface area (Å²) in [5.41, 5.74) is 0.590. The zero-order valence-electron chi connectivity index (χ0n) is 11.8. The van der Waals surface area contributed by atoms with Gasteiger partial charge in [0.1, 0.15) is 6.04 Å². The lowest BCUT2D eigenvalue weighted by Gasteiger charge is -2.19. The fourth-order valence-electron chi connectivity index (χ4n) is 1.81. The summed E-state index contributed by atoms with van der Waals surface area (Å²) in [6, 6.07) is 2.91. The first-order valence-corrected chi connectivity index (χ1v) is 7.70. The van der Waals surface area contributed by atoms with Gasteiger partial charge in [-0.1, -0.05) is 48.1 Å². The topological polar surface area (TPSA) is 41.1 Å². The molecule has 0 spiro atoms. The van der Waals surface area contributed by atoms with Gasteiger partial charge >= 0.3 is 0 Å². The van der Waals surface area contributed by atoms with Crippen LogP contribution in [0.3, 0.4) is 0 Å². The van der Waals surface area contributed by atoms with E-state index in [4.69, 9.17) is 34.8 Å². The number of carbonyl (C=O) groups excluding carboxylic acids is 1. The Kier molecular flexibility index (Phi) is 6.93. The van der Waals surface area contributed by atoms with E-state index in [0.717, 1.165) is 12.8 Å². The maximum Gasteiger partial charge on any atom is 0.242 e. The van der Waals surface area contributed by atoms with Crippen molar-refractivity contribution in [1.29, 1.82) is 0 Å². The molecule has 0 saturated carbocycles. The van der Waals surface area contributed by atoms with E-state index in [-0.39, 0.29) is 11.9 Å². The Hall–Kier alpha value is -0.640. The highest BCUT2D eigenvalue weighted by Gasteiger charge is 2.16. The number of amides is 1. The van der Waals surface area contributed by atoms with Crippen molar-refractivity contribution < 1.29 is 4.79 Å².